The highest BCUT2D eigenvalue weighted by Gasteiger charge is 2.05. The molecular formula is C12H19NO2. The Kier molecular flexibility index (Phi) is 5.15. The second-order valence-corrected chi connectivity index (χ2v) is 3.51. The Balaban J connectivity index is 2.28. The van der Waals surface area contributed by atoms with Crippen molar-refractivity contribution in [2.75, 3.05) is 6.61 Å². The minimum Gasteiger partial charge on any atom is -0.462 e. The summed E-state index contributed by atoms with van der Waals surface area (Å²) in [5.74, 6) is 1.70. The Morgan fingerprint density at radius 2 is 2.40 bits per heavy atom. The molecule has 3 nitrogen and oxygen atoms in total. The lowest BCUT2D eigenvalue weighted by molar-refractivity contribution is 0.104. The van der Waals surface area contributed by atoms with Gasteiger partial charge >= 0.3 is 0 Å². The highest BCUT2D eigenvalue weighted by atomic mass is 16.5. The van der Waals surface area contributed by atoms with Crippen LogP contribution in [-0.2, 0) is 17.9 Å². The summed E-state index contributed by atoms with van der Waals surface area (Å²) in [5.41, 5.74) is 6.61. The molecule has 0 bridgehead atoms. The molecule has 0 spiro atoms. The number of hydrogen-bond acceptors (Lipinski definition) is 3. The summed E-state index contributed by atoms with van der Waals surface area (Å²) in [6, 6.07) is 1.98. The van der Waals surface area contributed by atoms with Crippen LogP contribution in [0.3, 0.4) is 0 Å². The zero-order valence-corrected chi connectivity index (χ0v) is 9.29. The second kappa shape index (κ2) is 6.43. The van der Waals surface area contributed by atoms with E-state index in [4.69, 9.17) is 14.9 Å². The van der Waals surface area contributed by atoms with E-state index in [2.05, 4.69) is 6.58 Å². The predicted octanol–water partition coefficient (Wildman–Crippen LogP) is 2.53. The minimum atomic E-state index is 0.447. The number of ether oxygens (including phenoxy) is 1. The summed E-state index contributed by atoms with van der Waals surface area (Å²) in [5, 5.41) is 0. The monoisotopic (exact) mass is 209 g/mol. The third-order valence-electron chi connectivity index (χ3n) is 2.20. The van der Waals surface area contributed by atoms with E-state index >= 15 is 0 Å². The Bertz CT molecular complexity index is 305. The van der Waals surface area contributed by atoms with Gasteiger partial charge in [-0.05, 0) is 31.4 Å². The van der Waals surface area contributed by atoms with Gasteiger partial charge in [-0.3, -0.25) is 0 Å². The Morgan fingerprint density at radius 3 is 3.00 bits per heavy atom. The molecule has 1 aromatic heterocycles. The molecule has 0 atom stereocenters. The van der Waals surface area contributed by atoms with E-state index < -0.39 is 0 Å². The van der Waals surface area contributed by atoms with Gasteiger partial charge in [0.25, 0.3) is 0 Å². The van der Waals surface area contributed by atoms with Gasteiger partial charge in [-0.25, -0.2) is 0 Å². The van der Waals surface area contributed by atoms with Gasteiger partial charge in [-0.2, -0.15) is 0 Å². The van der Waals surface area contributed by atoms with E-state index in [1.807, 2.05) is 19.1 Å². The lowest BCUT2D eigenvalue weighted by Gasteiger charge is -1.99. The van der Waals surface area contributed by atoms with Crippen molar-refractivity contribution >= 4 is 0 Å². The highest BCUT2D eigenvalue weighted by molar-refractivity contribution is 5.19. The fourth-order valence-corrected chi connectivity index (χ4v) is 1.37. The van der Waals surface area contributed by atoms with Crippen molar-refractivity contribution in [3.8, 4) is 0 Å². The first-order valence-electron chi connectivity index (χ1n) is 5.24. The second-order valence-electron chi connectivity index (χ2n) is 3.51. The molecule has 1 aromatic rings. The van der Waals surface area contributed by atoms with E-state index in [0.717, 1.165) is 36.5 Å². The van der Waals surface area contributed by atoms with Crippen LogP contribution >= 0.6 is 0 Å². The first-order chi connectivity index (χ1) is 7.27. The molecule has 1 rings (SSSR count). The van der Waals surface area contributed by atoms with Crippen molar-refractivity contribution in [3.63, 3.8) is 0 Å². The zero-order chi connectivity index (χ0) is 11.1. The summed E-state index contributed by atoms with van der Waals surface area (Å²) in [6.45, 7) is 7.36. The number of aryl methyl sites for hydroxylation is 1. The fourth-order valence-electron chi connectivity index (χ4n) is 1.37. The molecule has 0 unspecified atom stereocenters. The number of allylic oxidation sites excluding steroid dienone is 1. The largest absolute Gasteiger partial charge is 0.462 e. The maximum Gasteiger partial charge on any atom is 0.130 e. The maximum absolute atomic E-state index is 5.51. The Labute approximate surface area is 90.9 Å². The van der Waals surface area contributed by atoms with Crippen molar-refractivity contribution in [1.29, 1.82) is 0 Å². The number of rotatable bonds is 7. The van der Waals surface area contributed by atoms with E-state index in [-0.39, 0.29) is 0 Å². The minimum absolute atomic E-state index is 0.447. The quantitative estimate of drug-likeness (QED) is 0.554. The number of nitrogens with two attached hydrogens (primary N) is 1. The molecule has 0 saturated heterocycles. The van der Waals surface area contributed by atoms with Crippen molar-refractivity contribution < 1.29 is 9.15 Å². The van der Waals surface area contributed by atoms with Gasteiger partial charge in [-0.1, -0.05) is 6.08 Å². The van der Waals surface area contributed by atoms with Crippen molar-refractivity contribution in [3.05, 3.63) is 35.8 Å². The highest BCUT2D eigenvalue weighted by Crippen LogP contribution is 2.14. The summed E-state index contributed by atoms with van der Waals surface area (Å²) in [7, 11) is 0. The van der Waals surface area contributed by atoms with E-state index in [9.17, 15) is 0 Å². The van der Waals surface area contributed by atoms with Gasteiger partial charge in [0.1, 0.15) is 18.1 Å². The molecule has 1 heterocycles. The summed E-state index contributed by atoms with van der Waals surface area (Å²) >= 11 is 0. The molecule has 0 saturated carbocycles. The van der Waals surface area contributed by atoms with Crippen LogP contribution in [0.25, 0.3) is 0 Å². The van der Waals surface area contributed by atoms with Crippen molar-refractivity contribution in [2.24, 2.45) is 5.73 Å². The van der Waals surface area contributed by atoms with Crippen LogP contribution in [0.4, 0.5) is 0 Å². The van der Waals surface area contributed by atoms with Gasteiger partial charge in [0.05, 0.1) is 6.54 Å². The van der Waals surface area contributed by atoms with Gasteiger partial charge < -0.3 is 14.9 Å². The first kappa shape index (κ1) is 12.0. The third-order valence-corrected chi connectivity index (χ3v) is 2.20. The van der Waals surface area contributed by atoms with E-state index in [1.165, 1.54) is 0 Å². The molecule has 84 valence electrons. The molecule has 2 N–H and O–H groups in total. The van der Waals surface area contributed by atoms with Crippen LogP contribution in [0.1, 0.15) is 29.9 Å². The molecule has 0 aliphatic carbocycles. The van der Waals surface area contributed by atoms with Crippen LogP contribution in [0, 0.1) is 6.92 Å². The van der Waals surface area contributed by atoms with Crippen molar-refractivity contribution in [2.45, 2.75) is 32.9 Å². The van der Waals surface area contributed by atoms with Crippen LogP contribution in [0.5, 0.6) is 0 Å². The lowest BCUT2D eigenvalue weighted by Crippen LogP contribution is -1.96. The number of unbranched alkanes of at least 4 members (excludes halogenated alkanes) is 1. The van der Waals surface area contributed by atoms with Crippen LogP contribution in [0.15, 0.2) is 23.1 Å². The summed E-state index contributed by atoms with van der Waals surface area (Å²) in [4.78, 5) is 0. The van der Waals surface area contributed by atoms with Gasteiger partial charge in [0.2, 0.25) is 0 Å². The smallest absolute Gasteiger partial charge is 0.130 e. The zero-order valence-electron chi connectivity index (χ0n) is 9.29. The molecule has 0 aliphatic heterocycles. The third kappa shape index (κ3) is 3.90. The first-order valence-corrected chi connectivity index (χ1v) is 5.24. The molecule has 0 amide bonds. The molecule has 0 radical (unpaired) electrons. The summed E-state index contributed by atoms with van der Waals surface area (Å²) in [6.07, 6.45) is 3.89. The van der Waals surface area contributed by atoms with Crippen LogP contribution in [0.2, 0.25) is 0 Å². The standard InChI is InChI=1S/C12H19NO2/c1-3-4-5-6-14-9-11-7-10(2)12(8-13)15-11/h3,7H,1,4-6,8-9,13H2,2H3. The molecule has 15 heavy (non-hydrogen) atoms. The van der Waals surface area contributed by atoms with E-state index in [0.29, 0.717) is 13.2 Å². The Morgan fingerprint density at radius 1 is 1.60 bits per heavy atom. The van der Waals surface area contributed by atoms with Crippen LogP contribution < -0.4 is 5.73 Å². The molecule has 0 aromatic carbocycles. The van der Waals surface area contributed by atoms with E-state index in [1.54, 1.807) is 0 Å². The van der Waals surface area contributed by atoms with Crippen molar-refractivity contribution in [1.82, 2.24) is 0 Å². The SMILES string of the molecule is C=CCCCOCc1cc(C)c(CN)o1. The van der Waals surface area contributed by atoms with Gasteiger partial charge in [0.15, 0.2) is 0 Å². The van der Waals surface area contributed by atoms with Crippen LogP contribution in [-0.4, -0.2) is 6.61 Å². The van der Waals surface area contributed by atoms with Gasteiger partial charge in [-0.15, -0.1) is 6.58 Å². The fraction of sp³-hybridized carbons (Fsp3) is 0.500. The number of furan rings is 1. The predicted molar refractivity (Wildman–Crippen MR) is 60.4 cm³/mol. The Hall–Kier alpha value is -1.06. The molecule has 0 fully saturated rings. The average Bonchev–Trinajstić information content (AvgIpc) is 2.59. The molecule has 3 heteroatoms. The normalized spacial score (nSPS) is 10.5. The summed E-state index contributed by atoms with van der Waals surface area (Å²) < 4.78 is 11.0. The molecule has 0 aliphatic rings. The lowest BCUT2D eigenvalue weighted by atomic mass is 10.3. The topological polar surface area (TPSA) is 48.4 Å². The van der Waals surface area contributed by atoms with Gasteiger partial charge in [0, 0.05) is 6.61 Å². The maximum atomic E-state index is 5.51. The average molecular weight is 209 g/mol. The molecular weight excluding hydrogens is 190 g/mol. The number of hydrogen-bond donors (Lipinski definition) is 1.